The number of hydrogen-bond donors (Lipinski definition) is 1. The average Bonchev–Trinajstić information content (AvgIpc) is 2.53. The minimum absolute atomic E-state index is 0.309. The summed E-state index contributed by atoms with van der Waals surface area (Å²) in [4.78, 5) is 11.8. The Morgan fingerprint density at radius 1 is 1.12 bits per heavy atom. The maximum atomic E-state index is 11.8. The highest BCUT2D eigenvalue weighted by atomic mass is 16.1. The number of carbonyl (C=O) groups excluding carboxylic acids is 1. The first kappa shape index (κ1) is 11.9. The Morgan fingerprint density at radius 3 is 2.71 bits per heavy atom. The number of anilines is 1. The van der Waals surface area contributed by atoms with Crippen molar-refractivity contribution in [1.29, 1.82) is 0 Å². The van der Waals surface area contributed by atoms with Crippen molar-refractivity contribution < 1.29 is 4.79 Å². The molecule has 2 rings (SSSR count). The van der Waals surface area contributed by atoms with Gasteiger partial charge in [-0.15, -0.1) is 0 Å². The van der Waals surface area contributed by atoms with Crippen molar-refractivity contribution in [3.8, 4) is 0 Å². The van der Waals surface area contributed by atoms with Gasteiger partial charge in [-0.1, -0.05) is 24.6 Å². The minimum atomic E-state index is 0.309. The van der Waals surface area contributed by atoms with Gasteiger partial charge in [-0.3, -0.25) is 4.79 Å². The van der Waals surface area contributed by atoms with E-state index >= 15 is 0 Å². The number of carbonyl (C=O) groups is 1. The van der Waals surface area contributed by atoms with E-state index < -0.39 is 0 Å². The van der Waals surface area contributed by atoms with Crippen molar-refractivity contribution in [1.82, 2.24) is 0 Å². The van der Waals surface area contributed by atoms with Crippen molar-refractivity contribution in [2.24, 2.45) is 0 Å². The van der Waals surface area contributed by atoms with Crippen LogP contribution in [0, 0.1) is 6.92 Å². The third kappa shape index (κ3) is 3.19. The first-order valence-electron chi connectivity index (χ1n) is 6.32. The Labute approximate surface area is 103 Å². The minimum Gasteiger partial charge on any atom is -0.361 e. The van der Waals surface area contributed by atoms with Crippen LogP contribution in [0.5, 0.6) is 0 Å². The van der Waals surface area contributed by atoms with Crippen LogP contribution in [-0.4, -0.2) is 5.78 Å². The van der Waals surface area contributed by atoms with Crippen LogP contribution in [0.15, 0.2) is 36.0 Å². The Balaban J connectivity index is 2.09. The number of nitrogens with one attached hydrogen (secondary N) is 1. The fraction of sp³-hybridized carbons (Fsp3) is 0.400. The first-order chi connectivity index (χ1) is 8.27. The van der Waals surface area contributed by atoms with E-state index in [2.05, 4.69) is 18.3 Å². The van der Waals surface area contributed by atoms with E-state index in [1.165, 1.54) is 12.0 Å². The van der Waals surface area contributed by atoms with Crippen LogP contribution < -0.4 is 5.32 Å². The number of aryl methyl sites for hydroxylation is 1. The zero-order valence-corrected chi connectivity index (χ0v) is 10.3. The predicted octanol–water partition coefficient (Wildman–Crippen LogP) is 3.82. The summed E-state index contributed by atoms with van der Waals surface area (Å²) < 4.78 is 0. The number of ketones is 1. The molecule has 17 heavy (non-hydrogen) atoms. The highest BCUT2D eigenvalue weighted by Crippen LogP contribution is 2.20. The molecule has 0 amide bonds. The van der Waals surface area contributed by atoms with Crippen molar-refractivity contribution in [2.75, 3.05) is 5.32 Å². The van der Waals surface area contributed by atoms with E-state index in [-0.39, 0.29) is 0 Å². The van der Waals surface area contributed by atoms with Crippen molar-refractivity contribution in [2.45, 2.75) is 39.0 Å². The summed E-state index contributed by atoms with van der Waals surface area (Å²) >= 11 is 0. The SMILES string of the molecule is Cc1ccccc1N/C=C1\CCCCCC1=O. The molecular weight excluding hydrogens is 210 g/mol. The molecular formula is C15H19NO. The molecule has 0 aliphatic heterocycles. The summed E-state index contributed by atoms with van der Waals surface area (Å²) in [5, 5.41) is 3.26. The lowest BCUT2D eigenvalue weighted by atomic mass is 10.1. The number of benzene rings is 1. The second-order valence-corrected chi connectivity index (χ2v) is 4.61. The quantitative estimate of drug-likeness (QED) is 0.617. The average molecular weight is 229 g/mol. The van der Waals surface area contributed by atoms with Gasteiger partial charge in [0.1, 0.15) is 0 Å². The monoisotopic (exact) mass is 229 g/mol. The molecule has 0 saturated heterocycles. The topological polar surface area (TPSA) is 29.1 Å². The van der Waals surface area contributed by atoms with Gasteiger partial charge in [-0.25, -0.2) is 0 Å². The molecule has 0 radical (unpaired) electrons. The van der Waals surface area contributed by atoms with Gasteiger partial charge in [0.15, 0.2) is 5.78 Å². The Hall–Kier alpha value is -1.57. The van der Waals surface area contributed by atoms with Crippen LogP contribution in [0.25, 0.3) is 0 Å². The number of allylic oxidation sites excluding steroid dienone is 1. The summed E-state index contributed by atoms with van der Waals surface area (Å²) in [5.41, 5.74) is 3.23. The van der Waals surface area contributed by atoms with Crippen molar-refractivity contribution in [3.63, 3.8) is 0 Å². The molecule has 1 aromatic rings. The molecule has 0 spiro atoms. The molecule has 0 unspecified atom stereocenters. The molecule has 1 saturated carbocycles. The molecule has 0 heterocycles. The second kappa shape index (κ2) is 5.67. The Morgan fingerprint density at radius 2 is 1.88 bits per heavy atom. The molecule has 2 nitrogen and oxygen atoms in total. The maximum Gasteiger partial charge on any atom is 0.160 e. The number of Topliss-reactive ketones (excluding diaryl/α,β-unsaturated/α-hetero) is 1. The molecule has 1 aliphatic carbocycles. The van der Waals surface area contributed by atoms with Gasteiger partial charge >= 0.3 is 0 Å². The standard InChI is InChI=1S/C15H19NO/c1-12-7-5-6-9-14(12)16-11-13-8-3-2-4-10-15(13)17/h5-7,9,11,16H,2-4,8,10H2,1H3/b13-11+. The number of rotatable bonds is 2. The zero-order valence-electron chi connectivity index (χ0n) is 10.3. The molecule has 0 bridgehead atoms. The molecule has 1 aromatic carbocycles. The number of hydrogen-bond acceptors (Lipinski definition) is 2. The molecule has 0 atom stereocenters. The van der Waals surface area contributed by atoms with Crippen LogP contribution in [0.4, 0.5) is 5.69 Å². The molecule has 2 heteroatoms. The van der Waals surface area contributed by atoms with Gasteiger partial charge in [-0.2, -0.15) is 0 Å². The molecule has 1 fully saturated rings. The van der Waals surface area contributed by atoms with E-state index in [0.717, 1.165) is 30.5 Å². The Bertz CT molecular complexity index is 434. The van der Waals surface area contributed by atoms with Crippen LogP contribution >= 0.6 is 0 Å². The normalized spacial score (nSPS) is 19.1. The van der Waals surface area contributed by atoms with Gasteiger partial charge in [0.05, 0.1) is 0 Å². The lowest BCUT2D eigenvalue weighted by Crippen LogP contribution is -2.03. The molecule has 90 valence electrons. The number of para-hydroxylation sites is 1. The first-order valence-corrected chi connectivity index (χ1v) is 6.32. The fourth-order valence-electron chi connectivity index (χ4n) is 2.13. The summed E-state index contributed by atoms with van der Waals surface area (Å²) in [6.07, 6.45) is 6.87. The molecule has 0 aromatic heterocycles. The lowest BCUT2D eigenvalue weighted by Gasteiger charge is -2.07. The van der Waals surface area contributed by atoms with E-state index in [0.29, 0.717) is 12.2 Å². The summed E-state index contributed by atoms with van der Waals surface area (Å²) in [5.74, 6) is 0.309. The summed E-state index contributed by atoms with van der Waals surface area (Å²) in [7, 11) is 0. The van der Waals surface area contributed by atoms with Gasteiger partial charge in [0, 0.05) is 23.9 Å². The van der Waals surface area contributed by atoms with E-state index in [4.69, 9.17) is 0 Å². The van der Waals surface area contributed by atoms with Crippen LogP contribution in [-0.2, 0) is 4.79 Å². The van der Waals surface area contributed by atoms with Gasteiger partial charge in [0.25, 0.3) is 0 Å². The van der Waals surface area contributed by atoms with Crippen LogP contribution in [0.2, 0.25) is 0 Å². The third-order valence-electron chi connectivity index (χ3n) is 3.26. The highest BCUT2D eigenvalue weighted by Gasteiger charge is 2.12. The Kier molecular flexibility index (Phi) is 3.97. The van der Waals surface area contributed by atoms with Crippen LogP contribution in [0.3, 0.4) is 0 Å². The largest absolute Gasteiger partial charge is 0.361 e. The predicted molar refractivity (Wildman–Crippen MR) is 71.0 cm³/mol. The summed E-state index contributed by atoms with van der Waals surface area (Å²) in [6.45, 7) is 2.07. The van der Waals surface area contributed by atoms with E-state index in [1.807, 2.05) is 24.4 Å². The highest BCUT2D eigenvalue weighted by molar-refractivity contribution is 5.95. The maximum absolute atomic E-state index is 11.8. The van der Waals surface area contributed by atoms with E-state index in [9.17, 15) is 4.79 Å². The lowest BCUT2D eigenvalue weighted by molar-refractivity contribution is -0.115. The summed E-state index contributed by atoms with van der Waals surface area (Å²) in [6, 6.07) is 8.12. The third-order valence-corrected chi connectivity index (χ3v) is 3.26. The second-order valence-electron chi connectivity index (χ2n) is 4.61. The van der Waals surface area contributed by atoms with E-state index in [1.54, 1.807) is 0 Å². The molecule has 1 aliphatic rings. The fourth-order valence-corrected chi connectivity index (χ4v) is 2.13. The van der Waals surface area contributed by atoms with Crippen LogP contribution in [0.1, 0.15) is 37.7 Å². The van der Waals surface area contributed by atoms with Crippen molar-refractivity contribution in [3.05, 3.63) is 41.6 Å². The van der Waals surface area contributed by atoms with Gasteiger partial charge < -0.3 is 5.32 Å². The zero-order chi connectivity index (χ0) is 12.1. The van der Waals surface area contributed by atoms with Gasteiger partial charge in [0.2, 0.25) is 0 Å². The smallest absolute Gasteiger partial charge is 0.160 e. The van der Waals surface area contributed by atoms with Crippen molar-refractivity contribution >= 4 is 11.5 Å². The van der Waals surface area contributed by atoms with Gasteiger partial charge in [-0.05, 0) is 37.8 Å². The molecule has 1 N–H and O–H groups in total.